The highest BCUT2D eigenvalue weighted by molar-refractivity contribution is 5.52. The lowest BCUT2D eigenvalue weighted by Crippen LogP contribution is -2.53. The first-order valence-corrected chi connectivity index (χ1v) is 6.87. The molecule has 0 spiro atoms. The number of nitrogens with two attached hydrogens (primary N) is 1. The van der Waals surface area contributed by atoms with Gasteiger partial charge in [0.25, 0.3) is 0 Å². The molecule has 0 atom stereocenters. The summed E-state index contributed by atoms with van der Waals surface area (Å²) >= 11 is 0. The van der Waals surface area contributed by atoms with Gasteiger partial charge >= 0.3 is 0 Å². The van der Waals surface area contributed by atoms with Gasteiger partial charge in [-0.05, 0) is 13.8 Å². The number of hydrogen-bond acceptors (Lipinski definition) is 5. The fourth-order valence-corrected chi connectivity index (χ4v) is 2.38. The van der Waals surface area contributed by atoms with Crippen molar-refractivity contribution in [3.8, 4) is 0 Å². The van der Waals surface area contributed by atoms with Crippen molar-refractivity contribution in [1.29, 1.82) is 0 Å². The number of nitrogens with zero attached hydrogens (tertiary/aromatic N) is 3. The van der Waals surface area contributed by atoms with Gasteiger partial charge in [-0.25, -0.2) is 9.97 Å². The van der Waals surface area contributed by atoms with Crippen LogP contribution in [-0.2, 0) is 11.3 Å². The summed E-state index contributed by atoms with van der Waals surface area (Å²) in [6.07, 6.45) is 1.91. The van der Waals surface area contributed by atoms with Crippen molar-refractivity contribution in [3.05, 3.63) is 17.7 Å². The van der Waals surface area contributed by atoms with E-state index in [0.29, 0.717) is 19.1 Å². The fraction of sp³-hybridized carbons (Fsp3) is 0.714. The summed E-state index contributed by atoms with van der Waals surface area (Å²) in [4.78, 5) is 11.4. The van der Waals surface area contributed by atoms with Gasteiger partial charge in [-0.2, -0.15) is 0 Å². The van der Waals surface area contributed by atoms with E-state index in [4.69, 9.17) is 10.5 Å². The van der Waals surface area contributed by atoms with E-state index in [1.165, 1.54) is 0 Å². The van der Waals surface area contributed by atoms with E-state index < -0.39 is 0 Å². The maximum absolute atomic E-state index is 5.87. The van der Waals surface area contributed by atoms with Crippen LogP contribution in [0.3, 0.4) is 0 Å². The van der Waals surface area contributed by atoms with Gasteiger partial charge in [0.05, 0.1) is 36.3 Å². The third kappa shape index (κ3) is 2.87. The highest BCUT2D eigenvalue weighted by Gasteiger charge is 2.32. The van der Waals surface area contributed by atoms with Gasteiger partial charge < -0.3 is 15.4 Å². The largest absolute Gasteiger partial charge is 0.377 e. The fourth-order valence-electron chi connectivity index (χ4n) is 2.38. The minimum absolute atomic E-state index is 0.0507. The molecule has 0 aliphatic carbocycles. The maximum atomic E-state index is 5.87. The number of ether oxygens (including phenoxy) is 1. The minimum atomic E-state index is -0.0507. The van der Waals surface area contributed by atoms with Crippen molar-refractivity contribution in [2.45, 2.75) is 45.7 Å². The van der Waals surface area contributed by atoms with Gasteiger partial charge in [0, 0.05) is 19.0 Å². The summed E-state index contributed by atoms with van der Waals surface area (Å²) in [6, 6.07) is 0. The Bertz CT molecular complexity index is 445. The average Bonchev–Trinajstić information content (AvgIpc) is 2.37. The molecule has 19 heavy (non-hydrogen) atoms. The normalized spacial score (nSPS) is 18.9. The van der Waals surface area contributed by atoms with Crippen LogP contribution in [0.2, 0.25) is 0 Å². The first-order valence-electron chi connectivity index (χ1n) is 6.87. The second-order valence-electron chi connectivity index (χ2n) is 5.94. The molecule has 0 aromatic carbocycles. The van der Waals surface area contributed by atoms with Gasteiger partial charge in [0.2, 0.25) is 0 Å². The molecule has 2 rings (SSSR count). The third-order valence-corrected chi connectivity index (χ3v) is 3.51. The van der Waals surface area contributed by atoms with Gasteiger partial charge in [-0.1, -0.05) is 13.8 Å². The Balaban J connectivity index is 2.38. The Labute approximate surface area is 115 Å². The van der Waals surface area contributed by atoms with Crippen molar-refractivity contribution in [3.63, 3.8) is 0 Å². The van der Waals surface area contributed by atoms with Gasteiger partial charge in [-0.3, -0.25) is 0 Å². The van der Waals surface area contributed by atoms with E-state index in [1.54, 1.807) is 0 Å². The number of anilines is 1. The van der Waals surface area contributed by atoms with Crippen LogP contribution in [0, 0.1) is 0 Å². The molecule has 2 heterocycles. The van der Waals surface area contributed by atoms with E-state index in [-0.39, 0.29) is 5.54 Å². The lowest BCUT2D eigenvalue weighted by Gasteiger charge is -2.44. The van der Waals surface area contributed by atoms with Gasteiger partial charge in [0.15, 0.2) is 0 Å². The first kappa shape index (κ1) is 14.2. The predicted molar refractivity (Wildman–Crippen MR) is 76.3 cm³/mol. The molecule has 1 fully saturated rings. The molecule has 5 nitrogen and oxygen atoms in total. The average molecular weight is 264 g/mol. The van der Waals surface area contributed by atoms with Crippen molar-refractivity contribution in [1.82, 2.24) is 9.97 Å². The van der Waals surface area contributed by atoms with Crippen molar-refractivity contribution >= 4 is 5.69 Å². The Kier molecular flexibility index (Phi) is 4.06. The maximum Gasteiger partial charge on any atom is 0.131 e. The molecule has 106 valence electrons. The smallest absolute Gasteiger partial charge is 0.131 e. The van der Waals surface area contributed by atoms with E-state index in [0.717, 1.165) is 30.4 Å². The first-order chi connectivity index (χ1) is 8.95. The van der Waals surface area contributed by atoms with Gasteiger partial charge in [-0.15, -0.1) is 0 Å². The highest BCUT2D eigenvalue weighted by Crippen LogP contribution is 2.29. The van der Waals surface area contributed by atoms with Crippen LogP contribution >= 0.6 is 0 Å². The van der Waals surface area contributed by atoms with Crippen LogP contribution in [-0.4, -0.2) is 35.3 Å². The van der Waals surface area contributed by atoms with Crippen LogP contribution < -0.4 is 10.6 Å². The number of morpholine rings is 1. The van der Waals surface area contributed by atoms with Crippen LogP contribution in [0.25, 0.3) is 0 Å². The van der Waals surface area contributed by atoms with Crippen LogP contribution in [0.4, 0.5) is 5.69 Å². The second kappa shape index (κ2) is 5.43. The van der Waals surface area contributed by atoms with Crippen LogP contribution in [0.5, 0.6) is 0 Å². The van der Waals surface area contributed by atoms with Crippen LogP contribution in [0.1, 0.15) is 45.1 Å². The monoisotopic (exact) mass is 264 g/mol. The molecule has 0 amide bonds. The van der Waals surface area contributed by atoms with Gasteiger partial charge in [0.1, 0.15) is 5.82 Å². The molecule has 0 saturated carbocycles. The van der Waals surface area contributed by atoms with E-state index >= 15 is 0 Å². The van der Waals surface area contributed by atoms with Crippen molar-refractivity contribution < 1.29 is 4.74 Å². The van der Waals surface area contributed by atoms with E-state index in [9.17, 15) is 0 Å². The molecule has 5 heteroatoms. The third-order valence-electron chi connectivity index (χ3n) is 3.51. The number of rotatable bonds is 3. The highest BCUT2D eigenvalue weighted by atomic mass is 16.5. The molecule has 1 saturated heterocycles. The molecule has 1 aromatic heterocycles. The zero-order valence-corrected chi connectivity index (χ0v) is 12.3. The number of hydrogen-bond donors (Lipinski definition) is 1. The lowest BCUT2D eigenvalue weighted by molar-refractivity contribution is 0.0642. The Morgan fingerprint density at radius 3 is 2.79 bits per heavy atom. The Hall–Kier alpha value is -1.20. The van der Waals surface area contributed by atoms with Crippen LogP contribution in [0.15, 0.2) is 6.20 Å². The topological polar surface area (TPSA) is 64.3 Å². The SMILES string of the molecule is CC(C)c1ncc(N2CCOCC2(C)C)c(CN)n1. The molecule has 0 radical (unpaired) electrons. The molecule has 2 N–H and O–H groups in total. The summed E-state index contributed by atoms with van der Waals surface area (Å²) in [5, 5.41) is 0. The van der Waals surface area contributed by atoms with E-state index in [2.05, 4.69) is 42.6 Å². The molecular weight excluding hydrogens is 240 g/mol. The quantitative estimate of drug-likeness (QED) is 0.899. The Morgan fingerprint density at radius 2 is 2.21 bits per heavy atom. The molecule has 0 bridgehead atoms. The molecule has 0 unspecified atom stereocenters. The predicted octanol–water partition coefficient (Wildman–Crippen LogP) is 1.67. The summed E-state index contributed by atoms with van der Waals surface area (Å²) in [5.74, 6) is 1.17. The van der Waals surface area contributed by atoms with Crippen molar-refractivity contribution in [2.24, 2.45) is 5.73 Å². The summed E-state index contributed by atoms with van der Waals surface area (Å²) in [7, 11) is 0. The molecular formula is C14H24N4O. The zero-order valence-electron chi connectivity index (χ0n) is 12.3. The van der Waals surface area contributed by atoms with Crippen molar-refractivity contribution in [2.75, 3.05) is 24.7 Å². The molecule has 1 aromatic rings. The molecule has 1 aliphatic heterocycles. The van der Waals surface area contributed by atoms with E-state index in [1.807, 2.05) is 6.20 Å². The molecule has 1 aliphatic rings. The summed E-state index contributed by atoms with van der Waals surface area (Å²) < 4.78 is 5.56. The standard InChI is InChI=1S/C14H24N4O/c1-10(2)13-16-8-12(11(7-15)17-13)18-5-6-19-9-14(18,3)4/h8,10H,5-7,9,15H2,1-4H3. The second-order valence-corrected chi connectivity index (χ2v) is 5.94. The summed E-state index contributed by atoms with van der Waals surface area (Å²) in [5.41, 5.74) is 7.78. The lowest BCUT2D eigenvalue weighted by atomic mass is 10.0. The summed E-state index contributed by atoms with van der Waals surface area (Å²) in [6.45, 7) is 11.3. The minimum Gasteiger partial charge on any atom is -0.377 e. The Morgan fingerprint density at radius 1 is 1.47 bits per heavy atom. The number of aromatic nitrogens is 2. The zero-order chi connectivity index (χ0) is 14.0.